The number of nitrogens with one attached hydrogen (secondary N) is 2. The Morgan fingerprint density at radius 1 is 1.15 bits per heavy atom. The summed E-state index contributed by atoms with van der Waals surface area (Å²) in [7, 11) is 0. The van der Waals surface area contributed by atoms with Crippen molar-refractivity contribution >= 4 is 17.5 Å². The topological polar surface area (TPSA) is 71.1 Å². The van der Waals surface area contributed by atoms with E-state index in [0.717, 1.165) is 5.56 Å². The Labute approximate surface area is 153 Å². The summed E-state index contributed by atoms with van der Waals surface area (Å²) < 4.78 is 0. The normalized spacial score (nSPS) is 14.5. The summed E-state index contributed by atoms with van der Waals surface area (Å²) in [5, 5.41) is 5.73. The van der Waals surface area contributed by atoms with Crippen LogP contribution in [0, 0.1) is 5.92 Å². The molecule has 134 valence electrons. The number of hydrogen-bond donors (Lipinski definition) is 2. The average molecular weight is 349 g/mol. The Balaban J connectivity index is 1.52. The first kappa shape index (κ1) is 17.9. The van der Waals surface area contributed by atoms with E-state index in [9.17, 15) is 9.59 Å². The van der Waals surface area contributed by atoms with Crippen molar-refractivity contribution in [3.05, 3.63) is 72.1 Å². The molecule has 1 saturated carbocycles. The fourth-order valence-electron chi connectivity index (χ4n) is 3.08. The highest BCUT2D eigenvalue weighted by molar-refractivity contribution is 6.04. The molecule has 1 aliphatic carbocycles. The Kier molecular flexibility index (Phi) is 6.14. The molecule has 0 spiro atoms. The molecule has 2 N–H and O–H groups in total. The van der Waals surface area contributed by atoms with Gasteiger partial charge in [-0.1, -0.05) is 31.1 Å². The van der Waals surface area contributed by atoms with Crippen molar-refractivity contribution in [3.8, 4) is 0 Å². The number of carbonyl (C=O) groups is 2. The average Bonchev–Trinajstić information content (AvgIpc) is 3.19. The molecule has 2 aromatic rings. The zero-order valence-corrected chi connectivity index (χ0v) is 14.7. The van der Waals surface area contributed by atoms with Gasteiger partial charge in [0.1, 0.15) is 0 Å². The van der Waals surface area contributed by atoms with Gasteiger partial charge in [-0.05, 0) is 54.7 Å². The van der Waals surface area contributed by atoms with E-state index in [-0.39, 0.29) is 11.8 Å². The number of allylic oxidation sites excluding steroid dienone is 1. The second-order valence-electron chi connectivity index (χ2n) is 6.52. The van der Waals surface area contributed by atoms with Gasteiger partial charge in [-0.2, -0.15) is 0 Å². The minimum absolute atomic E-state index is 0.0818. The van der Waals surface area contributed by atoms with E-state index in [0.29, 0.717) is 23.7 Å². The second kappa shape index (κ2) is 8.94. The molecule has 3 rings (SSSR count). The highest BCUT2D eigenvalue weighted by Crippen LogP contribution is 2.25. The van der Waals surface area contributed by atoms with Crippen molar-refractivity contribution in [2.75, 3.05) is 5.32 Å². The molecule has 5 nitrogen and oxygen atoms in total. The van der Waals surface area contributed by atoms with Crippen molar-refractivity contribution in [2.45, 2.75) is 32.2 Å². The molecule has 1 aromatic heterocycles. The molecule has 1 fully saturated rings. The summed E-state index contributed by atoms with van der Waals surface area (Å²) in [5.74, 6) is 0.257. The van der Waals surface area contributed by atoms with Crippen molar-refractivity contribution in [1.29, 1.82) is 0 Å². The van der Waals surface area contributed by atoms with Crippen LogP contribution >= 0.6 is 0 Å². The van der Waals surface area contributed by atoms with Crippen LogP contribution in [-0.2, 0) is 11.3 Å². The molecule has 0 aliphatic heterocycles. The third-order valence-corrected chi connectivity index (χ3v) is 4.49. The summed E-state index contributed by atoms with van der Waals surface area (Å²) >= 11 is 0. The number of rotatable bonds is 6. The zero-order valence-electron chi connectivity index (χ0n) is 14.7. The number of pyridine rings is 1. The smallest absolute Gasteiger partial charge is 0.257 e. The molecule has 5 heteroatoms. The minimum Gasteiger partial charge on any atom is -0.348 e. The molecule has 2 amide bonds. The highest BCUT2D eigenvalue weighted by Gasteiger charge is 2.11. The fraction of sp³-hybridized carbons (Fsp3) is 0.286. The Hall–Kier alpha value is -2.95. The molecular formula is C21H23N3O2. The molecular weight excluding hydrogens is 326 g/mol. The van der Waals surface area contributed by atoms with Gasteiger partial charge in [0.25, 0.3) is 5.91 Å². The summed E-state index contributed by atoms with van der Waals surface area (Å²) in [6.07, 6.45) is 11.7. The van der Waals surface area contributed by atoms with Crippen molar-refractivity contribution in [3.63, 3.8) is 0 Å². The molecule has 0 bridgehead atoms. The zero-order chi connectivity index (χ0) is 18.2. The van der Waals surface area contributed by atoms with Gasteiger partial charge in [0.05, 0.1) is 5.56 Å². The number of amides is 2. The molecule has 0 saturated heterocycles. The van der Waals surface area contributed by atoms with Crippen molar-refractivity contribution in [1.82, 2.24) is 10.3 Å². The number of nitrogens with zero attached hydrogens (tertiary/aromatic N) is 1. The predicted octanol–water partition coefficient (Wildman–Crippen LogP) is 3.70. The molecule has 1 heterocycles. The van der Waals surface area contributed by atoms with Crippen LogP contribution in [0.5, 0.6) is 0 Å². The maximum Gasteiger partial charge on any atom is 0.257 e. The van der Waals surface area contributed by atoms with E-state index in [1.54, 1.807) is 24.4 Å². The van der Waals surface area contributed by atoms with Gasteiger partial charge in [0.15, 0.2) is 0 Å². The van der Waals surface area contributed by atoms with Crippen LogP contribution in [0.2, 0.25) is 0 Å². The Bertz CT molecular complexity index is 781. The van der Waals surface area contributed by atoms with Gasteiger partial charge >= 0.3 is 0 Å². The molecule has 26 heavy (non-hydrogen) atoms. The van der Waals surface area contributed by atoms with Crippen molar-refractivity contribution < 1.29 is 9.59 Å². The summed E-state index contributed by atoms with van der Waals surface area (Å²) in [4.78, 5) is 28.1. The lowest BCUT2D eigenvalue weighted by atomic mass is 10.1. The first-order valence-corrected chi connectivity index (χ1v) is 8.97. The minimum atomic E-state index is -0.209. The van der Waals surface area contributed by atoms with Crippen molar-refractivity contribution in [2.24, 2.45) is 5.92 Å². The van der Waals surface area contributed by atoms with E-state index >= 15 is 0 Å². The Morgan fingerprint density at radius 3 is 2.77 bits per heavy atom. The van der Waals surface area contributed by atoms with Gasteiger partial charge in [0, 0.05) is 24.6 Å². The quantitative estimate of drug-likeness (QED) is 0.781. The van der Waals surface area contributed by atoms with E-state index < -0.39 is 0 Å². The number of aromatic nitrogens is 1. The van der Waals surface area contributed by atoms with Gasteiger partial charge in [-0.3, -0.25) is 14.6 Å². The maximum absolute atomic E-state index is 12.2. The standard InChI is InChI=1S/C21H23N3O2/c25-20(11-10-16-5-1-2-6-16)23-14-17-7-3-9-19(13-17)24-21(26)18-8-4-12-22-15-18/h3-4,7-13,15-16H,1-2,5-6,14H2,(H,23,25)(H,24,26)/b11-10+. The lowest BCUT2D eigenvalue weighted by molar-refractivity contribution is -0.116. The lowest BCUT2D eigenvalue weighted by Gasteiger charge is -2.08. The number of benzene rings is 1. The molecule has 0 unspecified atom stereocenters. The van der Waals surface area contributed by atoms with Gasteiger partial charge in [0.2, 0.25) is 5.91 Å². The maximum atomic E-state index is 12.2. The SMILES string of the molecule is O=C(/C=C/C1CCCC1)NCc1cccc(NC(=O)c2cccnc2)c1. The summed E-state index contributed by atoms with van der Waals surface area (Å²) in [5.41, 5.74) is 2.12. The number of hydrogen-bond acceptors (Lipinski definition) is 3. The summed E-state index contributed by atoms with van der Waals surface area (Å²) in [6, 6.07) is 10.9. The van der Waals surface area contributed by atoms with E-state index in [4.69, 9.17) is 0 Å². The molecule has 0 atom stereocenters. The van der Waals surface area contributed by atoms with Gasteiger partial charge < -0.3 is 10.6 Å². The van der Waals surface area contributed by atoms with Crippen LogP contribution in [0.1, 0.15) is 41.6 Å². The van der Waals surface area contributed by atoms with Crippen LogP contribution in [0.4, 0.5) is 5.69 Å². The molecule has 0 radical (unpaired) electrons. The monoisotopic (exact) mass is 349 g/mol. The third kappa shape index (κ3) is 5.28. The van der Waals surface area contributed by atoms with Crippen LogP contribution < -0.4 is 10.6 Å². The van der Waals surface area contributed by atoms with E-state index in [2.05, 4.69) is 15.6 Å². The fourth-order valence-corrected chi connectivity index (χ4v) is 3.08. The second-order valence-corrected chi connectivity index (χ2v) is 6.52. The van der Waals surface area contributed by atoms with Crippen LogP contribution in [-0.4, -0.2) is 16.8 Å². The van der Waals surface area contributed by atoms with Crippen LogP contribution in [0.25, 0.3) is 0 Å². The molecule has 1 aromatic carbocycles. The van der Waals surface area contributed by atoms with Gasteiger partial charge in [-0.25, -0.2) is 0 Å². The van der Waals surface area contributed by atoms with E-state index in [1.807, 2.05) is 30.3 Å². The van der Waals surface area contributed by atoms with Crippen LogP contribution in [0.15, 0.2) is 60.9 Å². The summed E-state index contributed by atoms with van der Waals surface area (Å²) in [6.45, 7) is 0.421. The van der Waals surface area contributed by atoms with Crippen LogP contribution in [0.3, 0.4) is 0 Å². The Morgan fingerprint density at radius 2 is 2.00 bits per heavy atom. The van der Waals surface area contributed by atoms with Gasteiger partial charge in [-0.15, -0.1) is 0 Å². The van der Waals surface area contributed by atoms with E-state index in [1.165, 1.54) is 31.9 Å². The first-order chi connectivity index (χ1) is 12.7. The largest absolute Gasteiger partial charge is 0.348 e. The first-order valence-electron chi connectivity index (χ1n) is 8.97. The predicted molar refractivity (Wildman–Crippen MR) is 102 cm³/mol. The third-order valence-electron chi connectivity index (χ3n) is 4.49. The number of carbonyl (C=O) groups excluding carboxylic acids is 2. The number of anilines is 1. The highest BCUT2D eigenvalue weighted by atomic mass is 16.2. The molecule has 1 aliphatic rings. The lowest BCUT2D eigenvalue weighted by Crippen LogP contribution is -2.20.